The number of urea groups is 1. The van der Waals surface area contributed by atoms with Gasteiger partial charge in [-0.05, 0) is 65.8 Å². The number of anilines is 1. The molecule has 6 rings (SSSR count). The summed E-state index contributed by atoms with van der Waals surface area (Å²) in [6.07, 6.45) is 4.63. The second-order valence-corrected chi connectivity index (χ2v) is 14.7. The number of piperazine rings is 1. The Hall–Kier alpha value is -4.28. The van der Waals surface area contributed by atoms with Gasteiger partial charge < -0.3 is 20.4 Å². The lowest BCUT2D eigenvalue weighted by atomic mass is 10.0. The molecule has 0 spiro atoms. The van der Waals surface area contributed by atoms with E-state index in [-0.39, 0.29) is 35.4 Å². The van der Waals surface area contributed by atoms with Gasteiger partial charge >= 0.3 is 6.03 Å². The van der Waals surface area contributed by atoms with Crippen LogP contribution in [-0.2, 0) is 16.1 Å². The fraction of sp³-hybridized carbons (Fsp3) is 0.441. The number of pyridine rings is 2. The van der Waals surface area contributed by atoms with Gasteiger partial charge in [-0.3, -0.25) is 29.6 Å². The van der Waals surface area contributed by atoms with Gasteiger partial charge in [-0.25, -0.2) is 14.2 Å². The van der Waals surface area contributed by atoms with Gasteiger partial charge in [0.05, 0.1) is 4.92 Å². The molecule has 2 aliphatic heterocycles. The maximum atomic E-state index is 15.0. The molecule has 3 aromatic rings. The van der Waals surface area contributed by atoms with Crippen LogP contribution in [0.15, 0.2) is 66.1 Å². The maximum absolute atomic E-state index is 15.0. The van der Waals surface area contributed by atoms with E-state index >= 15 is 0 Å². The summed E-state index contributed by atoms with van der Waals surface area (Å²) in [7, 11) is 2.88. The molecule has 3 fully saturated rings. The van der Waals surface area contributed by atoms with Gasteiger partial charge in [0, 0.05) is 102 Å². The van der Waals surface area contributed by atoms with Crippen LogP contribution in [0.3, 0.4) is 0 Å². The number of benzene rings is 1. The number of nitrogens with one attached hydrogen (secondary N) is 2. The van der Waals surface area contributed by atoms with E-state index in [0.717, 1.165) is 25.9 Å². The fourth-order valence-corrected chi connectivity index (χ4v) is 8.01. The Morgan fingerprint density at radius 2 is 1.84 bits per heavy atom. The van der Waals surface area contributed by atoms with Gasteiger partial charge in [-0.1, -0.05) is 22.9 Å². The lowest BCUT2D eigenvalue weighted by Gasteiger charge is -2.42. The van der Waals surface area contributed by atoms with Crippen LogP contribution in [0.5, 0.6) is 0 Å². The Labute approximate surface area is 300 Å². The molecule has 2 aromatic heterocycles. The molecule has 4 heterocycles. The first-order valence-electron chi connectivity index (χ1n) is 17.4. The smallest absolute Gasteiger partial charge is 0.317 e. The molecule has 0 bridgehead atoms. The van der Waals surface area contributed by atoms with Crippen LogP contribution in [0.4, 0.5) is 20.6 Å². The van der Waals surface area contributed by atoms with E-state index in [2.05, 4.69) is 25.5 Å². The molecule has 0 unspecified atom stereocenters. The van der Waals surface area contributed by atoms with Crippen molar-refractivity contribution in [2.45, 2.75) is 49.2 Å². The van der Waals surface area contributed by atoms with E-state index in [4.69, 9.17) is 2.74 Å². The highest BCUT2D eigenvalue weighted by molar-refractivity contribution is 8.76. The summed E-state index contributed by atoms with van der Waals surface area (Å²) in [6.45, 7) is 3.95. The summed E-state index contributed by atoms with van der Waals surface area (Å²) < 4.78 is 31.4. The number of rotatable bonds is 12. The normalized spacial score (nSPS) is 21.1. The van der Waals surface area contributed by atoms with Crippen molar-refractivity contribution >= 4 is 50.8 Å². The third kappa shape index (κ3) is 9.28. The van der Waals surface area contributed by atoms with E-state index in [9.17, 15) is 28.9 Å². The highest BCUT2D eigenvalue weighted by atomic mass is 33.1. The number of nitro groups is 1. The minimum absolute atomic E-state index is 0.0196. The molecular weight excluding hydrogens is 684 g/mol. The number of aromatic nitrogens is 2. The molecule has 50 heavy (non-hydrogen) atoms. The Morgan fingerprint density at radius 1 is 1.04 bits per heavy atom. The number of carbonyl (C=O) groups excluding carboxylic acids is 3. The van der Waals surface area contributed by atoms with E-state index in [0.29, 0.717) is 55.0 Å². The summed E-state index contributed by atoms with van der Waals surface area (Å²) >= 11 is 0. The molecule has 1 aromatic carbocycles. The monoisotopic (exact) mass is 724 g/mol. The molecule has 2 N–H and O–H groups in total. The van der Waals surface area contributed by atoms with Gasteiger partial charge in [-0.2, -0.15) is 0 Å². The first-order chi connectivity index (χ1) is 25.0. The van der Waals surface area contributed by atoms with Gasteiger partial charge in [0.2, 0.25) is 11.8 Å². The van der Waals surface area contributed by atoms with Gasteiger partial charge in [-0.15, -0.1) is 0 Å². The van der Waals surface area contributed by atoms with Crippen molar-refractivity contribution in [3.63, 3.8) is 0 Å². The number of carbonyl (C=O) groups is 3. The predicted octanol–water partition coefficient (Wildman–Crippen LogP) is 4.91. The third-order valence-corrected chi connectivity index (χ3v) is 11.3. The van der Waals surface area contributed by atoms with Crippen molar-refractivity contribution in [3.05, 3.63) is 88.1 Å². The van der Waals surface area contributed by atoms with Crippen molar-refractivity contribution in [3.8, 4) is 0 Å². The largest absolute Gasteiger partial charge is 0.340 e. The first-order valence-corrected chi connectivity index (χ1v) is 18.8. The topological polar surface area (TPSA) is 154 Å². The average Bonchev–Trinajstić information content (AvgIpc) is 3.75. The van der Waals surface area contributed by atoms with Crippen LogP contribution in [0.1, 0.15) is 45.4 Å². The van der Waals surface area contributed by atoms with Crippen LogP contribution in [0.25, 0.3) is 0 Å². The highest BCUT2D eigenvalue weighted by Crippen LogP contribution is 2.47. The number of piperidine rings is 1. The SMILES string of the molecule is [2H]C1([2H])[C@H](C(=O)Nc2ccc(CNC(=O)N3CCC(N4CCN(C(=O)CCSSc5ccc([N+](=O)[O-])cn5)CC4)CC3)c(F)c2)[C@H]1c1cccnc1. The highest BCUT2D eigenvalue weighted by Gasteiger charge is 2.44. The molecule has 4 amide bonds. The van der Waals surface area contributed by atoms with Crippen molar-refractivity contribution in [2.24, 2.45) is 5.92 Å². The molecule has 3 aliphatic rings. The second-order valence-electron chi connectivity index (χ2n) is 12.3. The zero-order chi connectivity index (χ0) is 36.8. The molecule has 264 valence electrons. The van der Waals surface area contributed by atoms with Crippen LogP contribution in [0.2, 0.25) is 0 Å². The van der Waals surface area contributed by atoms with Gasteiger partial charge in [0.15, 0.2) is 0 Å². The average molecular weight is 725 g/mol. The number of amides is 4. The Morgan fingerprint density at radius 3 is 2.52 bits per heavy atom. The molecule has 1 saturated carbocycles. The van der Waals surface area contributed by atoms with Crippen LogP contribution in [-0.4, -0.2) is 98.5 Å². The molecule has 1 aliphatic carbocycles. The lowest BCUT2D eigenvalue weighted by Crippen LogP contribution is -2.55. The van der Waals surface area contributed by atoms with E-state index in [1.807, 2.05) is 4.90 Å². The molecule has 2 saturated heterocycles. The molecule has 2 atom stereocenters. The maximum Gasteiger partial charge on any atom is 0.317 e. The lowest BCUT2D eigenvalue weighted by molar-refractivity contribution is -0.385. The summed E-state index contributed by atoms with van der Waals surface area (Å²) in [5.41, 5.74) is 1.06. The van der Waals surface area contributed by atoms with E-state index in [1.165, 1.54) is 46.0 Å². The van der Waals surface area contributed by atoms with Crippen molar-refractivity contribution < 1.29 is 26.4 Å². The fourth-order valence-electron chi connectivity index (χ4n) is 6.17. The number of halogens is 1. The minimum atomic E-state index is -1.72. The second kappa shape index (κ2) is 16.6. The zero-order valence-corrected chi connectivity index (χ0v) is 28.8. The first kappa shape index (κ1) is 32.9. The molecule has 13 nitrogen and oxygen atoms in total. The van der Waals surface area contributed by atoms with Gasteiger partial charge in [0.1, 0.15) is 17.0 Å². The summed E-state index contributed by atoms with van der Waals surface area (Å²) in [4.78, 5) is 62.9. The molecular formula is C34H39FN8O5S2. The summed E-state index contributed by atoms with van der Waals surface area (Å²) in [5, 5.41) is 16.8. The number of likely N-dealkylation sites (tertiary alicyclic amines) is 1. The van der Waals surface area contributed by atoms with Crippen LogP contribution in [0, 0.1) is 21.8 Å². The van der Waals surface area contributed by atoms with E-state index < -0.39 is 34.9 Å². The Kier molecular flexibility index (Phi) is 10.9. The summed E-state index contributed by atoms with van der Waals surface area (Å²) in [6, 6.07) is 10.7. The minimum Gasteiger partial charge on any atom is -0.340 e. The Bertz CT molecular complexity index is 1760. The van der Waals surface area contributed by atoms with Crippen molar-refractivity contribution in [1.29, 1.82) is 0 Å². The third-order valence-electron chi connectivity index (χ3n) is 9.07. The van der Waals surface area contributed by atoms with Crippen LogP contribution < -0.4 is 10.6 Å². The number of hydrogen-bond acceptors (Lipinski definition) is 10. The number of hydrogen-bond donors (Lipinski definition) is 2. The standard InChI is InChI=1S/C34H39FN8O5S2/c35-30-18-25(39-33(45)29-19-28(29)23-2-1-10-36-20-23)4-3-24(30)21-38-34(46)42-11-7-26(8-12-42)40-13-15-41(16-14-40)32(44)9-17-49-50-31-6-5-27(22-37-31)43(47)48/h1-6,10,18,20,22,26,28-29H,7-9,11-17,19,21H2,(H,38,46)(H,39,45)/t28-,29+/m1/s1/i19D2. The molecule has 0 radical (unpaired) electrons. The number of nitrogens with zero attached hydrogens (tertiary/aromatic N) is 6. The summed E-state index contributed by atoms with van der Waals surface area (Å²) in [5.74, 6) is -1.93. The quantitative estimate of drug-likeness (QED) is 0.114. The van der Waals surface area contributed by atoms with Gasteiger partial charge in [0.25, 0.3) is 5.69 Å². The Balaban J connectivity index is 0.867. The molecule has 16 heteroatoms. The van der Waals surface area contributed by atoms with Crippen LogP contribution >= 0.6 is 21.6 Å². The predicted molar refractivity (Wildman–Crippen MR) is 189 cm³/mol. The van der Waals surface area contributed by atoms with Crippen molar-refractivity contribution in [1.82, 2.24) is 30.0 Å². The van der Waals surface area contributed by atoms with Crippen molar-refractivity contribution in [2.75, 3.05) is 50.3 Å². The zero-order valence-electron chi connectivity index (χ0n) is 29.2. The van der Waals surface area contributed by atoms with E-state index in [1.54, 1.807) is 41.6 Å².